The molecule has 1 fully saturated rings. The second-order valence-corrected chi connectivity index (χ2v) is 5.48. The molecule has 2 aromatic carbocycles. The molecule has 2 N–H and O–H groups in total. The molecule has 0 aliphatic heterocycles. The molecule has 1 saturated carbocycles. The minimum absolute atomic E-state index is 0.535. The molecule has 4 heteroatoms. The van der Waals surface area contributed by atoms with E-state index >= 15 is 0 Å². The molecule has 0 heterocycles. The summed E-state index contributed by atoms with van der Waals surface area (Å²) >= 11 is 0. The first-order valence-corrected chi connectivity index (χ1v) is 7.28. The fourth-order valence-corrected chi connectivity index (χ4v) is 2.59. The molecular weight excluding hydrogens is 262 g/mol. The second kappa shape index (κ2) is 5.64. The third kappa shape index (κ3) is 2.79. The maximum atomic E-state index is 6.08. The molecule has 1 aliphatic carbocycles. The Kier molecular flexibility index (Phi) is 3.69. The topological polar surface area (TPSA) is 50.9 Å². The number of aliphatic imine (C=N–C) groups is 1. The molecule has 4 nitrogen and oxygen atoms in total. The van der Waals surface area contributed by atoms with Crippen LogP contribution in [0.5, 0.6) is 5.75 Å². The van der Waals surface area contributed by atoms with Gasteiger partial charge in [-0.05, 0) is 29.7 Å². The smallest absolute Gasteiger partial charge is 0.191 e. The van der Waals surface area contributed by atoms with Crippen molar-refractivity contribution in [1.29, 1.82) is 0 Å². The van der Waals surface area contributed by atoms with E-state index < -0.39 is 0 Å². The van der Waals surface area contributed by atoms with Crippen LogP contribution in [0.3, 0.4) is 0 Å². The quantitative estimate of drug-likeness (QED) is 0.693. The summed E-state index contributed by atoms with van der Waals surface area (Å²) < 4.78 is 5.48. The molecule has 1 aliphatic rings. The lowest BCUT2D eigenvalue weighted by Crippen LogP contribution is -2.35. The minimum atomic E-state index is 0.535. The van der Waals surface area contributed by atoms with E-state index in [-0.39, 0.29) is 0 Å². The Bertz CT molecular complexity index is 677. The number of benzene rings is 2. The number of ether oxygens (including phenoxy) is 1. The number of guanidine groups is 1. The first-order chi connectivity index (χ1) is 10.2. The zero-order chi connectivity index (χ0) is 14.8. The summed E-state index contributed by atoms with van der Waals surface area (Å²) in [4.78, 5) is 6.62. The molecule has 0 aromatic heterocycles. The van der Waals surface area contributed by atoms with Gasteiger partial charge < -0.3 is 15.4 Å². The molecule has 110 valence electrons. The average Bonchev–Trinajstić information content (AvgIpc) is 3.36. The van der Waals surface area contributed by atoms with Gasteiger partial charge in [0.05, 0.1) is 13.7 Å². The summed E-state index contributed by atoms with van der Waals surface area (Å²) in [6.45, 7) is 0.535. The zero-order valence-corrected chi connectivity index (χ0v) is 12.5. The van der Waals surface area contributed by atoms with Crippen molar-refractivity contribution >= 4 is 16.7 Å². The Hall–Kier alpha value is -2.23. The van der Waals surface area contributed by atoms with Crippen LogP contribution in [-0.4, -0.2) is 31.1 Å². The Morgan fingerprint density at radius 2 is 2.05 bits per heavy atom. The van der Waals surface area contributed by atoms with Gasteiger partial charge in [-0.15, -0.1) is 0 Å². The van der Waals surface area contributed by atoms with Crippen LogP contribution < -0.4 is 10.5 Å². The summed E-state index contributed by atoms with van der Waals surface area (Å²) in [6.07, 6.45) is 2.43. The van der Waals surface area contributed by atoms with Crippen LogP contribution in [0.1, 0.15) is 18.4 Å². The molecule has 0 amide bonds. The highest BCUT2D eigenvalue weighted by Crippen LogP contribution is 2.29. The van der Waals surface area contributed by atoms with Gasteiger partial charge in [0.1, 0.15) is 5.75 Å². The van der Waals surface area contributed by atoms with Crippen LogP contribution >= 0.6 is 0 Å². The van der Waals surface area contributed by atoms with Gasteiger partial charge in [-0.2, -0.15) is 0 Å². The molecule has 0 atom stereocenters. The maximum absolute atomic E-state index is 6.08. The predicted octanol–water partition coefficient (Wildman–Crippen LogP) is 2.76. The van der Waals surface area contributed by atoms with Gasteiger partial charge in [0.25, 0.3) is 0 Å². The van der Waals surface area contributed by atoms with E-state index in [1.54, 1.807) is 7.11 Å². The summed E-state index contributed by atoms with van der Waals surface area (Å²) in [5.41, 5.74) is 7.16. The fourth-order valence-electron chi connectivity index (χ4n) is 2.59. The van der Waals surface area contributed by atoms with E-state index in [0.717, 1.165) is 11.3 Å². The van der Waals surface area contributed by atoms with E-state index in [0.29, 0.717) is 18.5 Å². The van der Waals surface area contributed by atoms with Gasteiger partial charge in [-0.3, -0.25) is 0 Å². The first kappa shape index (κ1) is 13.7. The Labute approximate surface area is 125 Å². The van der Waals surface area contributed by atoms with Gasteiger partial charge in [-0.1, -0.05) is 30.3 Å². The van der Waals surface area contributed by atoms with Gasteiger partial charge in [0, 0.05) is 18.7 Å². The van der Waals surface area contributed by atoms with E-state index in [9.17, 15) is 0 Å². The summed E-state index contributed by atoms with van der Waals surface area (Å²) in [5, 5.41) is 2.36. The Balaban J connectivity index is 1.93. The minimum Gasteiger partial charge on any atom is -0.496 e. The molecule has 0 radical (unpaired) electrons. The van der Waals surface area contributed by atoms with Crippen LogP contribution in [-0.2, 0) is 6.54 Å². The number of fused-ring (bicyclic) bond motifs is 1. The highest BCUT2D eigenvalue weighted by Gasteiger charge is 2.27. The van der Waals surface area contributed by atoms with Crippen molar-refractivity contribution in [3.63, 3.8) is 0 Å². The van der Waals surface area contributed by atoms with Crippen molar-refractivity contribution in [2.75, 3.05) is 14.2 Å². The summed E-state index contributed by atoms with van der Waals surface area (Å²) in [5.74, 6) is 1.46. The van der Waals surface area contributed by atoms with E-state index in [4.69, 9.17) is 10.5 Å². The van der Waals surface area contributed by atoms with Crippen molar-refractivity contribution < 1.29 is 4.74 Å². The van der Waals surface area contributed by atoms with Crippen LogP contribution in [0, 0.1) is 0 Å². The van der Waals surface area contributed by atoms with Gasteiger partial charge >= 0.3 is 0 Å². The maximum Gasteiger partial charge on any atom is 0.191 e. The molecule has 0 bridgehead atoms. The van der Waals surface area contributed by atoms with Crippen molar-refractivity contribution in [2.24, 2.45) is 10.7 Å². The van der Waals surface area contributed by atoms with Crippen LogP contribution in [0.25, 0.3) is 10.8 Å². The third-order valence-electron chi connectivity index (χ3n) is 4.07. The number of methoxy groups -OCH3 is 1. The van der Waals surface area contributed by atoms with Gasteiger partial charge in [-0.25, -0.2) is 4.99 Å². The highest BCUT2D eigenvalue weighted by atomic mass is 16.5. The largest absolute Gasteiger partial charge is 0.496 e. The van der Waals surface area contributed by atoms with Crippen molar-refractivity contribution in [2.45, 2.75) is 25.4 Å². The zero-order valence-electron chi connectivity index (χ0n) is 12.5. The molecule has 0 unspecified atom stereocenters. The molecule has 21 heavy (non-hydrogen) atoms. The summed E-state index contributed by atoms with van der Waals surface area (Å²) in [7, 11) is 3.70. The highest BCUT2D eigenvalue weighted by molar-refractivity contribution is 5.88. The molecule has 3 rings (SSSR count). The lowest BCUT2D eigenvalue weighted by Gasteiger charge is -2.17. The fraction of sp³-hybridized carbons (Fsp3) is 0.353. The average molecular weight is 283 g/mol. The monoisotopic (exact) mass is 283 g/mol. The molecule has 0 saturated heterocycles. The Morgan fingerprint density at radius 3 is 2.76 bits per heavy atom. The second-order valence-electron chi connectivity index (χ2n) is 5.48. The molecule has 0 spiro atoms. The lowest BCUT2D eigenvalue weighted by molar-refractivity contribution is 0.410. The first-order valence-electron chi connectivity index (χ1n) is 7.28. The van der Waals surface area contributed by atoms with Crippen molar-refractivity contribution in [3.05, 3.63) is 42.0 Å². The predicted molar refractivity (Wildman–Crippen MR) is 86.6 cm³/mol. The van der Waals surface area contributed by atoms with E-state index in [1.165, 1.54) is 23.6 Å². The van der Waals surface area contributed by atoms with Crippen LogP contribution in [0.2, 0.25) is 0 Å². The van der Waals surface area contributed by atoms with Crippen molar-refractivity contribution in [3.8, 4) is 5.75 Å². The third-order valence-corrected chi connectivity index (χ3v) is 4.07. The molecule has 2 aromatic rings. The normalized spacial score (nSPS) is 15.2. The van der Waals surface area contributed by atoms with E-state index in [1.807, 2.05) is 25.2 Å². The van der Waals surface area contributed by atoms with E-state index in [2.05, 4.69) is 28.1 Å². The van der Waals surface area contributed by atoms with Crippen LogP contribution in [0.15, 0.2) is 41.4 Å². The van der Waals surface area contributed by atoms with Gasteiger partial charge in [0.15, 0.2) is 5.96 Å². The van der Waals surface area contributed by atoms with Crippen molar-refractivity contribution in [1.82, 2.24) is 4.90 Å². The summed E-state index contributed by atoms with van der Waals surface area (Å²) in [6, 6.07) is 12.9. The number of rotatable bonds is 4. The number of hydrogen-bond donors (Lipinski definition) is 1. The lowest BCUT2D eigenvalue weighted by atomic mass is 10.0. The van der Waals surface area contributed by atoms with Crippen LogP contribution in [0.4, 0.5) is 0 Å². The number of hydrogen-bond acceptors (Lipinski definition) is 2. The molecular formula is C17H21N3O. The number of nitrogens with zero attached hydrogens (tertiary/aromatic N) is 2. The SMILES string of the molecule is COc1ccc2ccccc2c1CN=C(N)N(C)C1CC1. The number of nitrogens with two attached hydrogens (primary N) is 1. The van der Waals surface area contributed by atoms with Gasteiger partial charge in [0.2, 0.25) is 0 Å². The Morgan fingerprint density at radius 1 is 1.29 bits per heavy atom. The standard InChI is InChI=1S/C17H21N3O/c1-20(13-8-9-13)17(18)19-11-15-14-6-4-3-5-12(14)7-10-16(15)21-2/h3-7,10,13H,8-9,11H2,1-2H3,(H2,18,19).